The Bertz CT molecular complexity index is 1030. The van der Waals surface area contributed by atoms with Crippen molar-refractivity contribution in [3.63, 3.8) is 0 Å². The zero-order chi connectivity index (χ0) is 20.3. The van der Waals surface area contributed by atoms with Gasteiger partial charge in [-0.05, 0) is 56.2 Å². The predicted molar refractivity (Wildman–Crippen MR) is 113 cm³/mol. The van der Waals surface area contributed by atoms with Crippen molar-refractivity contribution in [1.82, 2.24) is 4.98 Å². The molecule has 0 bridgehead atoms. The number of aryl methyl sites for hydroxylation is 2. The van der Waals surface area contributed by atoms with Crippen molar-refractivity contribution < 1.29 is 14.3 Å². The molecule has 28 heavy (non-hydrogen) atoms. The van der Waals surface area contributed by atoms with Crippen molar-refractivity contribution in [1.29, 1.82) is 0 Å². The van der Waals surface area contributed by atoms with Crippen LogP contribution in [0.2, 0.25) is 0 Å². The summed E-state index contributed by atoms with van der Waals surface area (Å²) in [6.07, 6.45) is 1.80. The van der Waals surface area contributed by atoms with E-state index in [1.54, 1.807) is 24.3 Å². The fraction of sp³-hybridized carbons (Fsp3) is 0.286. The number of aromatic nitrogens is 1. The highest BCUT2D eigenvalue weighted by molar-refractivity contribution is 7.21. The zero-order valence-electron chi connectivity index (χ0n) is 16.2. The topological polar surface area (TPSA) is 94.3 Å². The number of thiophene rings is 1. The maximum atomic E-state index is 12.7. The van der Waals surface area contributed by atoms with Gasteiger partial charge in [0.15, 0.2) is 0 Å². The second kappa shape index (κ2) is 8.39. The molecule has 1 amide bonds. The average molecular weight is 398 g/mol. The minimum atomic E-state index is -0.364. The second-order valence-corrected chi connectivity index (χ2v) is 7.63. The fourth-order valence-electron chi connectivity index (χ4n) is 2.91. The summed E-state index contributed by atoms with van der Waals surface area (Å²) in [5.41, 5.74) is 9.57. The molecule has 0 saturated carbocycles. The number of rotatable bonds is 6. The van der Waals surface area contributed by atoms with Crippen LogP contribution in [0.15, 0.2) is 30.3 Å². The number of pyridine rings is 1. The Morgan fingerprint density at radius 3 is 2.61 bits per heavy atom. The van der Waals surface area contributed by atoms with Crippen molar-refractivity contribution in [2.24, 2.45) is 0 Å². The van der Waals surface area contributed by atoms with E-state index in [1.807, 2.05) is 26.8 Å². The van der Waals surface area contributed by atoms with Gasteiger partial charge < -0.3 is 15.8 Å². The van der Waals surface area contributed by atoms with E-state index >= 15 is 0 Å². The number of unbranched alkanes of at least 4 members (excludes halogenated alkanes) is 1. The number of benzene rings is 1. The number of carbonyl (C=O) groups excluding carboxylic acids is 2. The van der Waals surface area contributed by atoms with Gasteiger partial charge in [0.1, 0.15) is 9.71 Å². The van der Waals surface area contributed by atoms with Gasteiger partial charge in [-0.15, -0.1) is 11.3 Å². The third kappa shape index (κ3) is 4.14. The van der Waals surface area contributed by atoms with E-state index in [2.05, 4.69) is 10.3 Å². The Morgan fingerprint density at radius 2 is 1.93 bits per heavy atom. The number of ether oxygens (including phenoxy) is 1. The molecule has 3 rings (SSSR count). The number of nitrogen functional groups attached to an aromatic ring is 1. The Hall–Kier alpha value is -2.93. The van der Waals surface area contributed by atoms with Gasteiger partial charge in [-0.1, -0.05) is 13.3 Å². The number of hydrogen-bond donors (Lipinski definition) is 2. The average Bonchev–Trinajstić information content (AvgIpc) is 2.99. The summed E-state index contributed by atoms with van der Waals surface area (Å²) >= 11 is 1.28. The molecular weight excluding hydrogens is 374 g/mol. The van der Waals surface area contributed by atoms with Crippen molar-refractivity contribution in [2.75, 3.05) is 17.7 Å². The van der Waals surface area contributed by atoms with Crippen molar-refractivity contribution in [3.8, 4) is 0 Å². The first-order chi connectivity index (χ1) is 13.4. The molecule has 0 radical (unpaired) electrons. The Morgan fingerprint density at radius 1 is 1.21 bits per heavy atom. The molecule has 146 valence electrons. The summed E-state index contributed by atoms with van der Waals surface area (Å²) in [4.78, 5) is 30.3. The van der Waals surface area contributed by atoms with Crippen LogP contribution in [0.4, 0.5) is 11.4 Å². The Kier molecular flexibility index (Phi) is 5.94. The number of nitrogens with zero attached hydrogens (tertiary/aromatic N) is 1. The summed E-state index contributed by atoms with van der Waals surface area (Å²) in [6, 6.07) is 8.56. The zero-order valence-corrected chi connectivity index (χ0v) is 17.0. The molecule has 0 saturated heterocycles. The molecule has 0 unspecified atom stereocenters. The highest BCUT2D eigenvalue weighted by atomic mass is 32.1. The summed E-state index contributed by atoms with van der Waals surface area (Å²) in [6.45, 7) is 6.32. The quantitative estimate of drug-likeness (QED) is 0.464. The molecule has 0 aliphatic heterocycles. The monoisotopic (exact) mass is 397 g/mol. The Balaban J connectivity index is 1.75. The van der Waals surface area contributed by atoms with E-state index < -0.39 is 0 Å². The van der Waals surface area contributed by atoms with Crippen LogP contribution in [0.3, 0.4) is 0 Å². The van der Waals surface area contributed by atoms with Gasteiger partial charge in [0.2, 0.25) is 0 Å². The van der Waals surface area contributed by atoms with Crippen molar-refractivity contribution >= 4 is 44.8 Å². The van der Waals surface area contributed by atoms with Gasteiger partial charge >= 0.3 is 5.97 Å². The first kappa shape index (κ1) is 19.8. The first-order valence-corrected chi connectivity index (χ1v) is 9.97. The van der Waals surface area contributed by atoms with E-state index in [0.717, 1.165) is 34.3 Å². The fourth-order valence-corrected chi connectivity index (χ4v) is 4.02. The molecule has 0 spiro atoms. The molecule has 0 fully saturated rings. The standard InChI is InChI=1S/C21H23N3O3S/c1-4-5-10-27-21(26)14-6-8-15(9-7-14)24-19(25)18-17(22)16-12(2)11-13(3)23-20(16)28-18/h6-9,11H,4-5,10,22H2,1-3H3,(H,24,25). The van der Waals surface area contributed by atoms with Crippen LogP contribution in [0.5, 0.6) is 0 Å². The number of esters is 1. The summed E-state index contributed by atoms with van der Waals surface area (Å²) < 4.78 is 5.18. The smallest absolute Gasteiger partial charge is 0.338 e. The van der Waals surface area contributed by atoms with Gasteiger partial charge in [0.25, 0.3) is 5.91 Å². The van der Waals surface area contributed by atoms with E-state index in [1.165, 1.54) is 11.3 Å². The molecule has 1 aromatic carbocycles. The summed E-state index contributed by atoms with van der Waals surface area (Å²) in [5.74, 6) is -0.659. The van der Waals surface area contributed by atoms with Crippen LogP contribution < -0.4 is 11.1 Å². The first-order valence-electron chi connectivity index (χ1n) is 9.15. The van der Waals surface area contributed by atoms with Crippen LogP contribution in [0.25, 0.3) is 10.2 Å². The van der Waals surface area contributed by atoms with Crippen LogP contribution in [0.1, 0.15) is 51.1 Å². The van der Waals surface area contributed by atoms with Crippen molar-refractivity contribution in [3.05, 3.63) is 52.0 Å². The molecule has 7 heteroatoms. The lowest BCUT2D eigenvalue weighted by Crippen LogP contribution is -2.12. The molecule has 2 heterocycles. The summed E-state index contributed by atoms with van der Waals surface area (Å²) in [7, 11) is 0. The third-order valence-corrected chi connectivity index (χ3v) is 5.44. The molecule has 3 aromatic rings. The van der Waals surface area contributed by atoms with Gasteiger partial charge in [0, 0.05) is 16.8 Å². The maximum Gasteiger partial charge on any atom is 0.338 e. The largest absolute Gasteiger partial charge is 0.462 e. The van der Waals surface area contributed by atoms with Gasteiger partial charge in [-0.2, -0.15) is 0 Å². The van der Waals surface area contributed by atoms with E-state index in [0.29, 0.717) is 28.4 Å². The van der Waals surface area contributed by atoms with Gasteiger partial charge in [-0.25, -0.2) is 9.78 Å². The number of hydrogen-bond acceptors (Lipinski definition) is 6. The number of anilines is 2. The van der Waals surface area contributed by atoms with E-state index in [-0.39, 0.29) is 11.9 Å². The predicted octanol–water partition coefficient (Wildman–Crippen LogP) is 4.70. The normalized spacial score (nSPS) is 10.8. The lowest BCUT2D eigenvalue weighted by molar-refractivity contribution is 0.0499. The number of nitrogens with two attached hydrogens (primary N) is 1. The number of amides is 1. The third-order valence-electron chi connectivity index (χ3n) is 4.34. The molecular formula is C21H23N3O3S. The SMILES string of the molecule is CCCCOC(=O)c1ccc(NC(=O)c2sc3nc(C)cc(C)c3c2N)cc1. The lowest BCUT2D eigenvalue weighted by Gasteiger charge is -2.07. The number of fused-ring (bicyclic) bond motifs is 1. The maximum absolute atomic E-state index is 12.7. The van der Waals surface area contributed by atoms with Crippen LogP contribution in [0, 0.1) is 13.8 Å². The molecule has 6 nitrogen and oxygen atoms in total. The molecule has 0 aliphatic rings. The Labute approximate surface area is 167 Å². The minimum absolute atomic E-state index is 0.296. The van der Waals surface area contributed by atoms with Crippen LogP contribution in [-0.4, -0.2) is 23.5 Å². The number of carbonyl (C=O) groups is 2. The second-order valence-electron chi connectivity index (χ2n) is 6.63. The number of nitrogens with one attached hydrogen (secondary N) is 1. The lowest BCUT2D eigenvalue weighted by atomic mass is 10.1. The van der Waals surface area contributed by atoms with Crippen LogP contribution >= 0.6 is 11.3 Å². The van der Waals surface area contributed by atoms with E-state index in [9.17, 15) is 9.59 Å². The molecule has 0 atom stereocenters. The van der Waals surface area contributed by atoms with Crippen molar-refractivity contribution in [2.45, 2.75) is 33.6 Å². The van der Waals surface area contributed by atoms with Crippen LogP contribution in [-0.2, 0) is 4.74 Å². The van der Waals surface area contributed by atoms with Gasteiger partial charge in [0.05, 0.1) is 17.9 Å². The minimum Gasteiger partial charge on any atom is -0.462 e. The van der Waals surface area contributed by atoms with Gasteiger partial charge in [-0.3, -0.25) is 4.79 Å². The highest BCUT2D eigenvalue weighted by Crippen LogP contribution is 2.35. The highest BCUT2D eigenvalue weighted by Gasteiger charge is 2.19. The molecule has 2 aromatic heterocycles. The molecule has 3 N–H and O–H groups in total. The molecule has 0 aliphatic carbocycles. The van der Waals surface area contributed by atoms with E-state index in [4.69, 9.17) is 10.5 Å². The summed E-state index contributed by atoms with van der Waals surface area (Å²) in [5, 5.41) is 3.65.